The van der Waals surface area contributed by atoms with Gasteiger partial charge in [-0.3, -0.25) is 0 Å². The van der Waals surface area contributed by atoms with Gasteiger partial charge in [0.25, 0.3) is 0 Å². The highest BCUT2D eigenvalue weighted by Crippen LogP contribution is 2.35. The maximum absolute atomic E-state index is 12.1. The Bertz CT molecular complexity index is 418. The maximum atomic E-state index is 12.1. The van der Waals surface area contributed by atoms with E-state index in [4.69, 9.17) is 9.47 Å². The van der Waals surface area contributed by atoms with Gasteiger partial charge in [0.15, 0.2) is 11.5 Å². The molecule has 0 fully saturated rings. The van der Waals surface area contributed by atoms with Gasteiger partial charge in [0.1, 0.15) is 19.8 Å². The third-order valence-electron chi connectivity index (χ3n) is 2.37. The van der Waals surface area contributed by atoms with Crippen LogP contribution in [0.4, 0.5) is 18.9 Å². The quantitative estimate of drug-likeness (QED) is 0.871. The van der Waals surface area contributed by atoms with Crippen molar-refractivity contribution in [2.45, 2.75) is 13.1 Å². The summed E-state index contributed by atoms with van der Waals surface area (Å²) < 4.78 is 46.9. The van der Waals surface area contributed by atoms with Crippen LogP contribution >= 0.6 is 0 Å². The first-order valence-electron chi connectivity index (χ1n) is 5.16. The number of hydrogen-bond donors (Lipinski definition) is 1. The normalized spacial score (nSPS) is 14.6. The van der Waals surface area contributed by atoms with Crippen molar-refractivity contribution < 1.29 is 22.6 Å². The molecule has 0 radical (unpaired) electrons. The van der Waals surface area contributed by atoms with E-state index in [0.717, 1.165) is 0 Å². The molecule has 0 amide bonds. The minimum absolute atomic E-state index is 0.409. The molecule has 2 rings (SSSR count). The van der Waals surface area contributed by atoms with E-state index in [2.05, 4.69) is 5.32 Å². The van der Waals surface area contributed by atoms with Crippen LogP contribution in [0.3, 0.4) is 0 Å². The Hall–Kier alpha value is -1.59. The molecule has 0 saturated heterocycles. The number of halogens is 3. The highest BCUT2D eigenvalue weighted by atomic mass is 19.4. The highest BCUT2D eigenvalue weighted by molar-refractivity contribution is 5.60. The Labute approximate surface area is 96.5 Å². The summed E-state index contributed by atoms with van der Waals surface area (Å²) in [6.45, 7) is 1.53. The highest BCUT2D eigenvalue weighted by Gasteiger charge is 2.27. The predicted molar refractivity (Wildman–Crippen MR) is 56.7 cm³/mol. The van der Waals surface area contributed by atoms with E-state index < -0.39 is 12.7 Å². The van der Waals surface area contributed by atoms with Gasteiger partial charge in [-0.05, 0) is 18.6 Å². The van der Waals surface area contributed by atoms with Crippen LogP contribution in [0, 0.1) is 6.92 Å². The molecule has 0 aliphatic carbocycles. The van der Waals surface area contributed by atoms with Crippen molar-refractivity contribution in [3.05, 3.63) is 17.7 Å². The van der Waals surface area contributed by atoms with E-state index in [9.17, 15) is 13.2 Å². The molecule has 0 atom stereocenters. The van der Waals surface area contributed by atoms with Crippen molar-refractivity contribution in [2.24, 2.45) is 0 Å². The van der Waals surface area contributed by atoms with E-state index in [-0.39, 0.29) is 0 Å². The molecule has 3 nitrogen and oxygen atoms in total. The zero-order valence-electron chi connectivity index (χ0n) is 9.23. The number of benzene rings is 1. The Balaban J connectivity index is 2.17. The fourth-order valence-electron chi connectivity index (χ4n) is 1.58. The van der Waals surface area contributed by atoms with Crippen LogP contribution in [-0.4, -0.2) is 25.9 Å². The van der Waals surface area contributed by atoms with Gasteiger partial charge in [0, 0.05) is 11.8 Å². The molecule has 1 aliphatic rings. The Morgan fingerprint density at radius 1 is 1.18 bits per heavy atom. The molecule has 0 bridgehead atoms. The summed E-state index contributed by atoms with van der Waals surface area (Å²) in [4.78, 5) is 0. The first-order valence-corrected chi connectivity index (χ1v) is 5.16. The molecule has 1 N–H and O–H groups in total. The van der Waals surface area contributed by atoms with Gasteiger partial charge in [-0.15, -0.1) is 0 Å². The summed E-state index contributed by atoms with van der Waals surface area (Å²) in [7, 11) is 0. The van der Waals surface area contributed by atoms with E-state index >= 15 is 0 Å². The molecule has 0 saturated carbocycles. The van der Waals surface area contributed by atoms with Crippen LogP contribution in [0.2, 0.25) is 0 Å². The van der Waals surface area contributed by atoms with Crippen LogP contribution in [-0.2, 0) is 0 Å². The molecule has 1 aliphatic heterocycles. The van der Waals surface area contributed by atoms with Crippen molar-refractivity contribution in [2.75, 3.05) is 25.1 Å². The van der Waals surface area contributed by atoms with Crippen molar-refractivity contribution in [1.82, 2.24) is 0 Å². The molecule has 1 heterocycles. The van der Waals surface area contributed by atoms with Crippen LogP contribution in [0.15, 0.2) is 12.1 Å². The largest absolute Gasteiger partial charge is 0.486 e. The van der Waals surface area contributed by atoms with E-state index in [0.29, 0.717) is 36.0 Å². The van der Waals surface area contributed by atoms with Crippen molar-refractivity contribution in [3.63, 3.8) is 0 Å². The third kappa shape index (κ3) is 2.95. The van der Waals surface area contributed by atoms with Crippen molar-refractivity contribution >= 4 is 5.69 Å². The molecule has 1 aromatic carbocycles. The molecule has 6 heteroatoms. The minimum Gasteiger partial charge on any atom is -0.486 e. The smallest absolute Gasteiger partial charge is 0.405 e. The number of nitrogens with one attached hydrogen (secondary N) is 1. The molecule has 0 spiro atoms. The molecule has 0 aromatic heterocycles. The standard InChI is InChI=1S/C11H12F3NO2/c1-7-4-9-10(17-3-2-16-9)5-8(7)15-6-11(12,13)14/h4-5,15H,2-3,6H2,1H3. The van der Waals surface area contributed by atoms with E-state index in [1.807, 2.05) is 0 Å². The lowest BCUT2D eigenvalue weighted by Crippen LogP contribution is -2.22. The van der Waals surface area contributed by atoms with E-state index in [1.54, 1.807) is 13.0 Å². The number of ether oxygens (including phenoxy) is 2. The summed E-state index contributed by atoms with van der Waals surface area (Å²) in [5.74, 6) is 1.05. The Morgan fingerprint density at radius 2 is 1.76 bits per heavy atom. The Morgan fingerprint density at radius 3 is 2.35 bits per heavy atom. The van der Waals surface area contributed by atoms with Crippen LogP contribution < -0.4 is 14.8 Å². The van der Waals surface area contributed by atoms with Crippen LogP contribution in [0.5, 0.6) is 11.5 Å². The first kappa shape index (κ1) is 11.9. The molecular weight excluding hydrogens is 235 g/mol. The first-order chi connectivity index (χ1) is 7.96. The number of rotatable bonds is 2. The number of alkyl halides is 3. The lowest BCUT2D eigenvalue weighted by atomic mass is 10.1. The summed E-state index contributed by atoms with van der Waals surface area (Å²) >= 11 is 0. The lowest BCUT2D eigenvalue weighted by molar-refractivity contribution is -0.115. The Kier molecular flexibility index (Phi) is 3.04. The monoisotopic (exact) mass is 247 g/mol. The fourth-order valence-corrected chi connectivity index (χ4v) is 1.58. The topological polar surface area (TPSA) is 30.5 Å². The predicted octanol–water partition coefficient (Wildman–Crippen LogP) is 2.74. The summed E-state index contributed by atoms with van der Waals surface area (Å²) in [6.07, 6.45) is -4.24. The second-order valence-electron chi connectivity index (χ2n) is 3.78. The number of hydrogen-bond acceptors (Lipinski definition) is 3. The molecule has 94 valence electrons. The SMILES string of the molecule is Cc1cc2c(cc1NCC(F)(F)F)OCCO2. The van der Waals surface area contributed by atoms with Crippen LogP contribution in [0.25, 0.3) is 0 Å². The van der Waals surface area contributed by atoms with Gasteiger partial charge in [0.05, 0.1) is 0 Å². The van der Waals surface area contributed by atoms with Gasteiger partial charge in [-0.25, -0.2) is 0 Å². The lowest BCUT2D eigenvalue weighted by Gasteiger charge is -2.21. The summed E-state index contributed by atoms with van der Waals surface area (Å²) in [5, 5.41) is 2.34. The zero-order valence-corrected chi connectivity index (χ0v) is 9.23. The number of fused-ring (bicyclic) bond motifs is 1. The van der Waals surface area contributed by atoms with Gasteiger partial charge >= 0.3 is 6.18 Å². The average molecular weight is 247 g/mol. The second-order valence-corrected chi connectivity index (χ2v) is 3.78. The third-order valence-corrected chi connectivity index (χ3v) is 2.37. The van der Waals surface area contributed by atoms with E-state index in [1.165, 1.54) is 6.07 Å². The molecule has 0 unspecified atom stereocenters. The van der Waals surface area contributed by atoms with Gasteiger partial charge in [-0.1, -0.05) is 0 Å². The number of aryl methyl sites for hydroxylation is 1. The maximum Gasteiger partial charge on any atom is 0.405 e. The van der Waals surface area contributed by atoms with Crippen molar-refractivity contribution in [3.8, 4) is 11.5 Å². The van der Waals surface area contributed by atoms with Crippen LogP contribution in [0.1, 0.15) is 5.56 Å². The molecular formula is C11H12F3NO2. The minimum atomic E-state index is -4.24. The summed E-state index contributed by atoms with van der Waals surface area (Å²) in [6, 6.07) is 3.21. The molecule has 1 aromatic rings. The molecule has 17 heavy (non-hydrogen) atoms. The van der Waals surface area contributed by atoms with Gasteiger partial charge in [0.2, 0.25) is 0 Å². The average Bonchev–Trinajstić information content (AvgIpc) is 2.25. The van der Waals surface area contributed by atoms with Crippen molar-refractivity contribution in [1.29, 1.82) is 0 Å². The zero-order chi connectivity index (χ0) is 12.5. The fraction of sp³-hybridized carbons (Fsp3) is 0.455. The number of anilines is 1. The van der Waals surface area contributed by atoms with Gasteiger partial charge < -0.3 is 14.8 Å². The summed E-state index contributed by atoms with van der Waals surface area (Å²) in [5.41, 5.74) is 1.10. The van der Waals surface area contributed by atoms with Gasteiger partial charge in [-0.2, -0.15) is 13.2 Å². The second kappa shape index (κ2) is 4.35.